The van der Waals surface area contributed by atoms with E-state index in [-0.39, 0.29) is 42.7 Å². The molecule has 3 heterocycles. The van der Waals surface area contributed by atoms with Crippen molar-refractivity contribution in [2.45, 2.75) is 151 Å². The second kappa shape index (κ2) is 20.9. The summed E-state index contributed by atoms with van der Waals surface area (Å²) in [5.41, 5.74) is 17.5. The molecule has 0 amide bonds. The summed E-state index contributed by atoms with van der Waals surface area (Å²) in [6.45, 7) is 35.8. The van der Waals surface area contributed by atoms with E-state index in [9.17, 15) is 0 Å². The summed E-state index contributed by atoms with van der Waals surface area (Å²) in [6.07, 6.45) is 6.20. The van der Waals surface area contributed by atoms with Crippen LogP contribution in [0.15, 0.2) is 128 Å². The molecule has 73 heavy (non-hydrogen) atoms. The van der Waals surface area contributed by atoms with Gasteiger partial charge < -0.3 is 19.1 Å². The molecule has 8 aromatic rings. The van der Waals surface area contributed by atoms with Gasteiger partial charge in [0.15, 0.2) is 0 Å². The molecule has 0 saturated heterocycles. The summed E-state index contributed by atoms with van der Waals surface area (Å²) in [5.74, 6) is 2.14. The Morgan fingerprint density at radius 3 is 1.96 bits per heavy atom. The van der Waals surface area contributed by atoms with Crippen molar-refractivity contribution in [2.24, 2.45) is 5.92 Å². The van der Waals surface area contributed by atoms with Gasteiger partial charge in [0.25, 0.3) is 0 Å². The molecule has 0 radical (unpaired) electrons. The van der Waals surface area contributed by atoms with E-state index in [4.69, 9.17) is 9.72 Å². The van der Waals surface area contributed by atoms with Crippen LogP contribution in [0.3, 0.4) is 0 Å². The van der Waals surface area contributed by atoms with E-state index in [0.29, 0.717) is 18.3 Å². The first kappa shape index (κ1) is 53.6. The van der Waals surface area contributed by atoms with Gasteiger partial charge in [0.2, 0.25) is 0 Å². The third-order valence-electron chi connectivity index (χ3n) is 14.5. The minimum absolute atomic E-state index is 0. The monoisotopic (exact) mass is 1150 g/mol. The van der Waals surface area contributed by atoms with Crippen molar-refractivity contribution >= 4 is 38.9 Å². The third kappa shape index (κ3) is 11.7. The van der Waals surface area contributed by atoms with Crippen LogP contribution in [0.2, 0.25) is 0 Å². The molecule has 0 atom stereocenters. The average Bonchev–Trinajstić information content (AvgIpc) is 3.86. The normalized spacial score (nSPS) is 13.3. The predicted octanol–water partition coefficient (Wildman–Crippen LogP) is 17.5. The number of aromatic nitrogens is 2. The Kier molecular flexibility index (Phi) is 15.4. The molecule has 0 aliphatic carbocycles. The molecule has 1 aliphatic heterocycles. The Morgan fingerprint density at radius 2 is 1.27 bits per heavy atom. The minimum atomic E-state index is -0.0921. The van der Waals surface area contributed by atoms with Crippen molar-refractivity contribution in [3.8, 4) is 22.7 Å². The second-order valence-corrected chi connectivity index (χ2v) is 24.9. The molecule has 6 heteroatoms. The Bertz CT molecular complexity index is 3210. The van der Waals surface area contributed by atoms with Crippen LogP contribution in [0.1, 0.15) is 149 Å². The molecular weight excluding hydrogens is 1070 g/mol. The predicted molar refractivity (Wildman–Crippen MR) is 305 cm³/mol. The largest absolute Gasteiger partial charge is 0.517 e. The summed E-state index contributed by atoms with van der Waals surface area (Å²) in [6, 6.07) is 52.3. The van der Waals surface area contributed by atoms with Gasteiger partial charge in [-0.15, -0.1) is 34.8 Å². The Hall–Kier alpha value is -5.64. The van der Waals surface area contributed by atoms with Gasteiger partial charge in [-0.05, 0) is 134 Å². The van der Waals surface area contributed by atoms with Crippen molar-refractivity contribution < 1.29 is 25.8 Å². The SMILES string of the molecule is CC(C)Cc1cccc(-c2cc(C(C)(C)C)cc(C(C)(C)C)c2)c1CCCCN1[CH-]N(c2[c-]c(COc3[c-]c4c(cc3)c3ccccc3n4-c3cc(C(C)(C)C)ccn3)cc(C(C)(C)C)c2)c2ccccc21.[Pt]. The van der Waals surface area contributed by atoms with Crippen LogP contribution in [0.25, 0.3) is 38.8 Å². The topological polar surface area (TPSA) is 33.5 Å². The van der Waals surface area contributed by atoms with Crippen LogP contribution >= 0.6 is 0 Å². The molecule has 0 N–H and O–H groups in total. The van der Waals surface area contributed by atoms with Crippen LogP contribution in [-0.2, 0) is 62.2 Å². The first-order chi connectivity index (χ1) is 34.0. The number of rotatable bonds is 13. The number of para-hydroxylation sites is 3. The number of ether oxygens (including phenoxy) is 1. The Balaban J connectivity index is 0.00000711. The molecule has 0 unspecified atom stereocenters. The summed E-state index contributed by atoms with van der Waals surface area (Å²) >= 11 is 0. The number of benzene rings is 6. The number of fused-ring (bicyclic) bond motifs is 4. The summed E-state index contributed by atoms with van der Waals surface area (Å²) in [4.78, 5) is 9.66. The smallest absolute Gasteiger partial charge is 0.135 e. The van der Waals surface area contributed by atoms with E-state index >= 15 is 0 Å². The van der Waals surface area contributed by atoms with Crippen LogP contribution in [0, 0.1) is 24.7 Å². The standard InChI is InChI=1S/C67H77N4O.Pt/c1-45(2)34-47-22-21-25-56(48-37-51(66(9,10)11)39-52(38-48)67(12,13)14)55(47)23-19-20-33-69-44-70(61-28-18-17-27-60(61)69)53-36-46(35-50(40-53)65(6,7)8)43-72-54-29-30-58-57-24-15-16-26-59(57)71(62(58)42-54)63-41-49(31-32-68-63)64(3,4)5;/h15-18,21-22,24-32,35,37-41,44-45H,19-20,23,33-34,43H2,1-14H3;/q-3;. The number of anilines is 3. The first-order valence-corrected chi connectivity index (χ1v) is 26.4. The van der Waals surface area contributed by atoms with E-state index in [1.54, 1.807) is 0 Å². The van der Waals surface area contributed by atoms with Crippen molar-refractivity contribution in [1.82, 2.24) is 9.55 Å². The van der Waals surface area contributed by atoms with Gasteiger partial charge in [-0.3, -0.25) is 0 Å². The number of nitrogens with zero attached hydrogens (tertiary/aromatic N) is 4. The molecule has 9 rings (SSSR count). The van der Waals surface area contributed by atoms with Crippen LogP contribution in [0.4, 0.5) is 17.1 Å². The molecule has 0 bridgehead atoms. The van der Waals surface area contributed by atoms with E-state index in [1.165, 1.54) is 61.3 Å². The van der Waals surface area contributed by atoms with Gasteiger partial charge in [0.05, 0.1) is 6.61 Å². The molecule has 1 aliphatic rings. The van der Waals surface area contributed by atoms with E-state index in [2.05, 4.69) is 245 Å². The van der Waals surface area contributed by atoms with Crippen LogP contribution in [-0.4, -0.2) is 16.1 Å². The average molecular weight is 1150 g/mol. The van der Waals surface area contributed by atoms with Crippen molar-refractivity contribution in [2.75, 3.05) is 16.3 Å². The Morgan fingerprint density at radius 1 is 0.616 bits per heavy atom. The molecule has 2 aromatic heterocycles. The van der Waals surface area contributed by atoms with Crippen molar-refractivity contribution in [1.29, 1.82) is 0 Å². The van der Waals surface area contributed by atoms with Gasteiger partial charge in [-0.25, -0.2) is 4.98 Å². The molecule has 0 saturated carbocycles. The zero-order valence-electron chi connectivity index (χ0n) is 46.0. The van der Waals surface area contributed by atoms with E-state index in [1.807, 2.05) is 12.3 Å². The maximum absolute atomic E-state index is 6.69. The van der Waals surface area contributed by atoms with Crippen molar-refractivity contribution in [3.63, 3.8) is 0 Å². The summed E-state index contributed by atoms with van der Waals surface area (Å²) in [5, 5.41) is 2.29. The van der Waals surface area contributed by atoms with E-state index in [0.717, 1.165) is 65.7 Å². The van der Waals surface area contributed by atoms with Crippen LogP contribution < -0.4 is 14.5 Å². The summed E-state index contributed by atoms with van der Waals surface area (Å²) < 4.78 is 8.91. The maximum atomic E-state index is 6.69. The van der Waals surface area contributed by atoms with Gasteiger partial charge in [-0.1, -0.05) is 169 Å². The number of pyridine rings is 1. The molecule has 0 fully saturated rings. The zero-order valence-corrected chi connectivity index (χ0v) is 48.3. The van der Waals surface area contributed by atoms with Gasteiger partial charge in [0, 0.05) is 49.9 Å². The van der Waals surface area contributed by atoms with Crippen LogP contribution in [0.5, 0.6) is 5.75 Å². The quantitative estimate of drug-likeness (QED) is 0.0851. The van der Waals surface area contributed by atoms with Gasteiger partial charge in [0.1, 0.15) is 5.82 Å². The number of hydrogen-bond acceptors (Lipinski definition) is 4. The molecule has 6 aromatic carbocycles. The maximum Gasteiger partial charge on any atom is 0.135 e. The van der Waals surface area contributed by atoms with Crippen molar-refractivity contribution in [3.05, 3.63) is 185 Å². The summed E-state index contributed by atoms with van der Waals surface area (Å²) in [7, 11) is 0. The zero-order chi connectivity index (χ0) is 51.3. The second-order valence-electron chi connectivity index (χ2n) is 24.9. The Labute approximate surface area is 452 Å². The minimum Gasteiger partial charge on any atom is -0.517 e. The van der Waals surface area contributed by atoms with Gasteiger partial charge in [-0.2, -0.15) is 30.4 Å². The third-order valence-corrected chi connectivity index (χ3v) is 14.5. The fourth-order valence-corrected chi connectivity index (χ4v) is 10.2. The fourth-order valence-electron chi connectivity index (χ4n) is 10.2. The first-order valence-electron chi connectivity index (χ1n) is 26.4. The number of hydrogen-bond donors (Lipinski definition) is 0. The molecule has 5 nitrogen and oxygen atoms in total. The molecule has 384 valence electrons. The molecular formula is C67H77N4OPt-3. The molecule has 0 spiro atoms. The van der Waals surface area contributed by atoms with E-state index < -0.39 is 0 Å². The number of unbranched alkanes of at least 4 members (excludes halogenated alkanes) is 1. The fraction of sp³-hybridized carbons (Fsp3) is 0.373. The van der Waals surface area contributed by atoms with Gasteiger partial charge >= 0.3 is 0 Å².